The minimum Gasteiger partial charge on any atom is -0.346 e. The number of carbonyl (C=O) groups is 1. The molecular formula is C24H25FN2O3S. The number of anilines is 1. The highest BCUT2D eigenvalue weighted by Gasteiger charge is 2.19. The molecule has 3 aromatic rings. The van der Waals surface area contributed by atoms with Crippen molar-refractivity contribution >= 4 is 21.6 Å². The van der Waals surface area contributed by atoms with Gasteiger partial charge in [0, 0.05) is 5.56 Å². The first-order valence-corrected chi connectivity index (χ1v) is 11.7. The first-order valence-electron chi connectivity index (χ1n) is 9.83. The van der Waals surface area contributed by atoms with Crippen LogP contribution >= 0.6 is 0 Å². The summed E-state index contributed by atoms with van der Waals surface area (Å²) in [5.74, 6) is -0.631. The Bertz CT molecular complexity index is 1140. The van der Waals surface area contributed by atoms with E-state index < -0.39 is 10.0 Å². The number of nitrogens with one attached hydrogen (secondary N) is 1. The number of rotatable bonds is 7. The Hall–Kier alpha value is -3.19. The van der Waals surface area contributed by atoms with Crippen LogP contribution in [0.25, 0.3) is 0 Å². The Morgan fingerprint density at radius 3 is 2.10 bits per heavy atom. The third-order valence-electron chi connectivity index (χ3n) is 4.98. The lowest BCUT2D eigenvalue weighted by Crippen LogP contribution is -2.29. The van der Waals surface area contributed by atoms with E-state index in [4.69, 9.17) is 0 Å². The van der Waals surface area contributed by atoms with Crippen LogP contribution in [0.5, 0.6) is 0 Å². The molecule has 162 valence electrons. The van der Waals surface area contributed by atoms with Crippen molar-refractivity contribution in [2.24, 2.45) is 0 Å². The minimum absolute atomic E-state index is 0.0646. The second-order valence-corrected chi connectivity index (χ2v) is 9.46. The van der Waals surface area contributed by atoms with Crippen LogP contribution < -0.4 is 9.62 Å². The fourth-order valence-corrected chi connectivity index (χ4v) is 4.04. The zero-order chi connectivity index (χ0) is 22.6. The lowest BCUT2D eigenvalue weighted by atomic mass is 10.1. The number of aryl methyl sites for hydroxylation is 1. The zero-order valence-corrected chi connectivity index (χ0v) is 18.5. The molecule has 5 nitrogen and oxygen atoms in total. The summed E-state index contributed by atoms with van der Waals surface area (Å²) < 4.78 is 39.0. The number of nitrogens with zero attached hydrogens (tertiary/aromatic N) is 1. The number of sulfonamides is 1. The van der Waals surface area contributed by atoms with Crippen LogP contribution in [0.1, 0.15) is 40.0 Å². The SMILES string of the molecule is Cc1ccc([C@@H](C)NC(=O)c2ccc(N(Cc3ccc(F)cc3)S(C)(=O)=O)cc2)cc1. The standard InChI is InChI=1S/C24H25FN2O3S/c1-17-4-8-20(9-5-17)18(2)26-24(28)21-10-14-23(15-11-21)27(31(3,29)30)16-19-6-12-22(25)13-7-19/h4-15,18H,16H2,1-3H3,(H,26,28)/t18-/m1/s1. The summed E-state index contributed by atoms with van der Waals surface area (Å²) in [6, 6.07) is 19.8. The van der Waals surface area contributed by atoms with Crippen molar-refractivity contribution in [2.75, 3.05) is 10.6 Å². The Kier molecular flexibility index (Phi) is 6.75. The van der Waals surface area contributed by atoms with Gasteiger partial charge in [-0.1, -0.05) is 42.0 Å². The van der Waals surface area contributed by atoms with Crippen LogP contribution in [0.15, 0.2) is 72.8 Å². The first kappa shape index (κ1) is 22.5. The van der Waals surface area contributed by atoms with Crippen LogP contribution in [-0.4, -0.2) is 20.6 Å². The number of hydrogen-bond donors (Lipinski definition) is 1. The maximum atomic E-state index is 13.1. The molecule has 3 rings (SSSR count). The minimum atomic E-state index is -3.58. The maximum Gasteiger partial charge on any atom is 0.251 e. The first-order chi connectivity index (χ1) is 14.6. The largest absolute Gasteiger partial charge is 0.346 e. The molecule has 0 heterocycles. The van der Waals surface area contributed by atoms with E-state index in [1.165, 1.54) is 16.4 Å². The molecule has 0 bridgehead atoms. The maximum absolute atomic E-state index is 13.1. The van der Waals surface area contributed by atoms with Gasteiger partial charge in [-0.25, -0.2) is 12.8 Å². The van der Waals surface area contributed by atoms with Gasteiger partial charge in [0.05, 0.1) is 24.5 Å². The molecule has 7 heteroatoms. The van der Waals surface area contributed by atoms with E-state index >= 15 is 0 Å². The quantitative estimate of drug-likeness (QED) is 0.584. The Morgan fingerprint density at radius 2 is 1.55 bits per heavy atom. The second kappa shape index (κ2) is 9.31. The van der Waals surface area contributed by atoms with Crippen LogP contribution in [0.3, 0.4) is 0 Å². The molecule has 0 aromatic heterocycles. The van der Waals surface area contributed by atoms with Crippen LogP contribution in [-0.2, 0) is 16.6 Å². The van der Waals surface area contributed by atoms with E-state index in [-0.39, 0.29) is 24.3 Å². The molecule has 0 unspecified atom stereocenters. The monoisotopic (exact) mass is 440 g/mol. The lowest BCUT2D eigenvalue weighted by Gasteiger charge is -2.23. The molecule has 0 spiro atoms. The molecule has 0 aliphatic heterocycles. The molecule has 0 saturated carbocycles. The lowest BCUT2D eigenvalue weighted by molar-refractivity contribution is 0.0940. The topological polar surface area (TPSA) is 66.5 Å². The van der Waals surface area contributed by atoms with Crippen LogP contribution in [0.4, 0.5) is 10.1 Å². The van der Waals surface area contributed by atoms with E-state index in [1.807, 2.05) is 38.1 Å². The van der Waals surface area contributed by atoms with Crippen LogP contribution in [0, 0.1) is 12.7 Å². The summed E-state index contributed by atoms with van der Waals surface area (Å²) in [4.78, 5) is 12.6. The number of amides is 1. The highest BCUT2D eigenvalue weighted by Crippen LogP contribution is 2.22. The molecule has 31 heavy (non-hydrogen) atoms. The second-order valence-electron chi connectivity index (χ2n) is 7.55. The molecule has 1 atom stereocenters. The number of hydrogen-bond acceptors (Lipinski definition) is 3. The van der Waals surface area contributed by atoms with Crippen molar-refractivity contribution in [3.63, 3.8) is 0 Å². The molecular weight excluding hydrogens is 415 g/mol. The van der Waals surface area contributed by atoms with Gasteiger partial charge in [0.15, 0.2) is 0 Å². The van der Waals surface area contributed by atoms with Gasteiger partial charge in [0.2, 0.25) is 10.0 Å². The predicted octanol–water partition coefficient (Wildman–Crippen LogP) is 4.59. The molecule has 1 N–H and O–H groups in total. The van der Waals surface area contributed by atoms with E-state index in [2.05, 4.69) is 5.32 Å². The van der Waals surface area contributed by atoms with Crippen molar-refractivity contribution in [1.82, 2.24) is 5.32 Å². The van der Waals surface area contributed by atoms with Crippen molar-refractivity contribution in [3.8, 4) is 0 Å². The van der Waals surface area contributed by atoms with E-state index in [9.17, 15) is 17.6 Å². The molecule has 0 aliphatic carbocycles. The van der Waals surface area contributed by atoms with Gasteiger partial charge in [0.25, 0.3) is 5.91 Å². The van der Waals surface area contributed by atoms with Crippen molar-refractivity contribution in [2.45, 2.75) is 26.4 Å². The fourth-order valence-electron chi connectivity index (χ4n) is 3.15. The molecule has 0 saturated heterocycles. The molecule has 3 aromatic carbocycles. The molecule has 1 amide bonds. The average molecular weight is 441 g/mol. The van der Waals surface area contributed by atoms with Gasteiger partial charge >= 0.3 is 0 Å². The predicted molar refractivity (Wildman–Crippen MR) is 121 cm³/mol. The highest BCUT2D eigenvalue weighted by molar-refractivity contribution is 7.92. The normalized spacial score (nSPS) is 12.3. The summed E-state index contributed by atoms with van der Waals surface area (Å²) in [6.45, 7) is 3.98. The summed E-state index contributed by atoms with van der Waals surface area (Å²) in [7, 11) is -3.58. The summed E-state index contributed by atoms with van der Waals surface area (Å²) in [5, 5.41) is 2.95. The van der Waals surface area contributed by atoms with Gasteiger partial charge in [-0.05, 0) is 61.4 Å². The summed E-state index contributed by atoms with van der Waals surface area (Å²) in [6.07, 6.45) is 1.11. The van der Waals surface area contributed by atoms with Crippen molar-refractivity contribution < 1.29 is 17.6 Å². The van der Waals surface area contributed by atoms with E-state index in [0.717, 1.165) is 17.4 Å². The van der Waals surface area contributed by atoms with Gasteiger partial charge in [-0.3, -0.25) is 9.10 Å². The summed E-state index contributed by atoms with van der Waals surface area (Å²) >= 11 is 0. The van der Waals surface area contributed by atoms with Gasteiger partial charge in [-0.15, -0.1) is 0 Å². The molecule has 0 fully saturated rings. The molecule has 0 aliphatic rings. The van der Waals surface area contributed by atoms with E-state index in [1.54, 1.807) is 36.4 Å². The fraction of sp³-hybridized carbons (Fsp3) is 0.208. The summed E-state index contributed by atoms with van der Waals surface area (Å²) in [5.41, 5.74) is 3.65. The van der Waals surface area contributed by atoms with Crippen molar-refractivity contribution in [1.29, 1.82) is 0 Å². The zero-order valence-electron chi connectivity index (χ0n) is 17.7. The van der Waals surface area contributed by atoms with Gasteiger partial charge < -0.3 is 5.32 Å². The van der Waals surface area contributed by atoms with Gasteiger partial charge in [0.1, 0.15) is 5.82 Å². The Balaban J connectivity index is 1.75. The van der Waals surface area contributed by atoms with Crippen molar-refractivity contribution in [3.05, 3.63) is 101 Å². The Labute approximate surface area is 182 Å². The van der Waals surface area contributed by atoms with Crippen LogP contribution in [0.2, 0.25) is 0 Å². The number of carbonyl (C=O) groups excluding carboxylic acids is 1. The Morgan fingerprint density at radius 1 is 0.968 bits per heavy atom. The van der Waals surface area contributed by atoms with E-state index in [0.29, 0.717) is 16.8 Å². The molecule has 0 radical (unpaired) electrons. The average Bonchev–Trinajstić information content (AvgIpc) is 2.73. The third kappa shape index (κ3) is 5.92. The number of benzene rings is 3. The number of halogens is 1. The van der Waals surface area contributed by atoms with Gasteiger partial charge in [-0.2, -0.15) is 0 Å². The third-order valence-corrected chi connectivity index (χ3v) is 6.12. The smallest absolute Gasteiger partial charge is 0.251 e. The highest BCUT2D eigenvalue weighted by atomic mass is 32.2.